The lowest BCUT2D eigenvalue weighted by molar-refractivity contribution is -0.132. The molecule has 2 aromatic carbocycles. The Labute approximate surface area is 170 Å². The average molecular weight is 391 g/mol. The van der Waals surface area contributed by atoms with Gasteiger partial charge in [-0.3, -0.25) is 9.59 Å². The summed E-state index contributed by atoms with van der Waals surface area (Å²) in [5, 5.41) is 3.53. The number of likely N-dealkylation sites (tertiary alicyclic amines) is 1. The fourth-order valence-electron chi connectivity index (χ4n) is 4.26. The summed E-state index contributed by atoms with van der Waals surface area (Å²) in [5.74, 6) is 0.722. The van der Waals surface area contributed by atoms with E-state index in [9.17, 15) is 9.59 Å². The number of hydrogen-bond donors (Lipinski definition) is 1. The van der Waals surface area contributed by atoms with Crippen molar-refractivity contribution in [2.24, 2.45) is 0 Å². The number of carbonyl (C=O) groups is 2. The van der Waals surface area contributed by atoms with Crippen LogP contribution in [0.4, 0.5) is 5.69 Å². The van der Waals surface area contributed by atoms with Gasteiger partial charge in [0.25, 0.3) is 11.8 Å². The first-order valence-electron chi connectivity index (χ1n) is 10.4. The largest absolute Gasteiger partial charge is 0.483 e. The van der Waals surface area contributed by atoms with Crippen molar-refractivity contribution < 1.29 is 14.3 Å². The summed E-state index contributed by atoms with van der Waals surface area (Å²) in [6.45, 7) is 1.65. The van der Waals surface area contributed by atoms with Crippen molar-refractivity contribution in [3.8, 4) is 5.75 Å². The summed E-state index contributed by atoms with van der Waals surface area (Å²) < 4.78 is 5.97. The van der Waals surface area contributed by atoms with Gasteiger partial charge in [0.2, 0.25) is 0 Å². The minimum Gasteiger partial charge on any atom is -0.483 e. The number of nitrogens with zero attached hydrogens (tertiary/aromatic N) is 2. The maximum Gasteiger partial charge on any atom is 0.260 e. The van der Waals surface area contributed by atoms with E-state index < -0.39 is 0 Å². The van der Waals surface area contributed by atoms with Crippen LogP contribution < -0.4 is 10.1 Å². The Morgan fingerprint density at radius 1 is 1.03 bits per heavy atom. The lowest BCUT2D eigenvalue weighted by atomic mass is 10.0. The van der Waals surface area contributed by atoms with Crippen LogP contribution in [0.2, 0.25) is 0 Å². The lowest BCUT2D eigenvalue weighted by Crippen LogP contribution is -2.44. The highest BCUT2D eigenvalue weighted by molar-refractivity contribution is 6.02. The first-order valence-corrected chi connectivity index (χ1v) is 10.4. The van der Waals surface area contributed by atoms with E-state index in [0.29, 0.717) is 11.3 Å². The molecule has 1 atom stereocenters. The Balaban J connectivity index is 1.42. The van der Waals surface area contributed by atoms with Gasteiger partial charge in [-0.1, -0.05) is 30.3 Å². The summed E-state index contributed by atoms with van der Waals surface area (Å²) in [4.78, 5) is 29.4. The predicted molar refractivity (Wildman–Crippen MR) is 110 cm³/mol. The Morgan fingerprint density at radius 3 is 2.55 bits per heavy atom. The van der Waals surface area contributed by atoms with Gasteiger partial charge in [-0.05, 0) is 43.9 Å². The van der Waals surface area contributed by atoms with Gasteiger partial charge in [0.15, 0.2) is 6.61 Å². The molecule has 0 aromatic heterocycles. The number of anilines is 1. The summed E-state index contributed by atoms with van der Waals surface area (Å²) >= 11 is 0. The fraction of sp³-hybridized carbons (Fsp3) is 0.391. The molecule has 0 unspecified atom stereocenters. The number of ether oxygens (including phenoxy) is 1. The van der Waals surface area contributed by atoms with Gasteiger partial charge < -0.3 is 19.9 Å². The van der Waals surface area contributed by atoms with Crippen LogP contribution in [0.25, 0.3) is 0 Å². The third kappa shape index (κ3) is 3.43. The van der Waals surface area contributed by atoms with Crippen LogP contribution in [0.1, 0.15) is 47.8 Å². The molecule has 2 heterocycles. The van der Waals surface area contributed by atoms with Gasteiger partial charge in [-0.25, -0.2) is 0 Å². The molecule has 0 radical (unpaired) electrons. The zero-order chi connectivity index (χ0) is 19.8. The van der Waals surface area contributed by atoms with Gasteiger partial charge in [0.1, 0.15) is 11.9 Å². The Kier molecular flexibility index (Phi) is 4.62. The van der Waals surface area contributed by atoms with E-state index in [4.69, 9.17) is 4.74 Å². The van der Waals surface area contributed by atoms with Crippen LogP contribution in [-0.4, -0.2) is 47.4 Å². The molecule has 2 aliphatic heterocycles. The highest BCUT2D eigenvalue weighted by Gasteiger charge is 2.42. The van der Waals surface area contributed by atoms with Crippen LogP contribution in [0.3, 0.4) is 0 Å². The van der Waals surface area contributed by atoms with Crippen LogP contribution in [0.5, 0.6) is 5.75 Å². The molecule has 6 nitrogen and oxygen atoms in total. The second kappa shape index (κ2) is 7.43. The molecular formula is C23H25N3O3. The predicted octanol–water partition coefficient (Wildman–Crippen LogP) is 3.42. The van der Waals surface area contributed by atoms with E-state index in [1.165, 1.54) is 0 Å². The highest BCUT2D eigenvalue weighted by atomic mass is 16.5. The number of carbonyl (C=O) groups excluding carboxylic acids is 2. The molecule has 2 aromatic rings. The molecule has 1 saturated heterocycles. The molecule has 2 amide bonds. The van der Waals surface area contributed by atoms with E-state index in [-0.39, 0.29) is 30.6 Å². The van der Waals surface area contributed by atoms with E-state index >= 15 is 0 Å². The van der Waals surface area contributed by atoms with Gasteiger partial charge in [0.05, 0.1) is 5.56 Å². The molecule has 2 fully saturated rings. The number of benzene rings is 2. The molecule has 1 aliphatic carbocycles. The minimum atomic E-state index is -0.303. The maximum absolute atomic E-state index is 13.2. The van der Waals surface area contributed by atoms with Gasteiger partial charge in [0, 0.05) is 30.4 Å². The molecule has 5 rings (SSSR count). The zero-order valence-electron chi connectivity index (χ0n) is 16.3. The molecule has 6 heteroatoms. The van der Waals surface area contributed by atoms with Crippen molar-refractivity contribution in [3.63, 3.8) is 0 Å². The quantitative estimate of drug-likeness (QED) is 0.848. The summed E-state index contributed by atoms with van der Waals surface area (Å²) in [5.41, 5.74) is 2.43. The first kappa shape index (κ1) is 18.0. The number of nitrogens with one attached hydrogen (secondary N) is 1. The van der Waals surface area contributed by atoms with Crippen LogP contribution >= 0.6 is 0 Å². The van der Waals surface area contributed by atoms with Gasteiger partial charge >= 0.3 is 0 Å². The van der Waals surface area contributed by atoms with Gasteiger partial charge in [-0.2, -0.15) is 0 Å². The number of rotatable bonds is 5. The second-order valence-corrected chi connectivity index (χ2v) is 7.95. The standard InChI is InChI=1S/C23H25N3O3/c27-21(25-13-5-6-14-25)15-29-20-10-4-2-8-18(20)22-24-19-9-3-1-7-17(19)23(28)26(22)16-11-12-16/h1-4,7-10,16,22,24H,5-6,11-15H2/t22-/m0/s1. The molecule has 0 bridgehead atoms. The van der Waals surface area contributed by atoms with E-state index in [0.717, 1.165) is 50.0 Å². The van der Waals surface area contributed by atoms with Crippen molar-refractivity contribution in [1.82, 2.24) is 9.80 Å². The second-order valence-electron chi connectivity index (χ2n) is 7.95. The van der Waals surface area contributed by atoms with Crippen molar-refractivity contribution in [1.29, 1.82) is 0 Å². The average Bonchev–Trinajstić information content (AvgIpc) is 3.43. The maximum atomic E-state index is 13.2. The monoisotopic (exact) mass is 391 g/mol. The molecule has 1 saturated carbocycles. The molecule has 0 spiro atoms. The SMILES string of the molecule is O=C(COc1ccccc1[C@H]1Nc2ccccc2C(=O)N1C1CC1)N1CCCC1. The van der Waals surface area contributed by atoms with Crippen molar-refractivity contribution in [2.75, 3.05) is 25.0 Å². The van der Waals surface area contributed by atoms with E-state index in [2.05, 4.69) is 5.32 Å². The Hall–Kier alpha value is -3.02. The van der Waals surface area contributed by atoms with Gasteiger partial charge in [-0.15, -0.1) is 0 Å². The van der Waals surface area contributed by atoms with Crippen LogP contribution in [-0.2, 0) is 4.79 Å². The number of hydrogen-bond acceptors (Lipinski definition) is 4. The van der Waals surface area contributed by atoms with Crippen LogP contribution in [0.15, 0.2) is 48.5 Å². The Morgan fingerprint density at radius 2 is 1.76 bits per heavy atom. The number of amides is 2. The topological polar surface area (TPSA) is 61.9 Å². The molecule has 1 N–H and O–H groups in total. The Bertz CT molecular complexity index is 934. The third-order valence-electron chi connectivity index (χ3n) is 5.93. The molecule has 3 aliphatic rings. The first-order chi connectivity index (χ1) is 14.2. The van der Waals surface area contributed by atoms with Crippen LogP contribution in [0, 0.1) is 0 Å². The molecule has 29 heavy (non-hydrogen) atoms. The lowest BCUT2D eigenvalue weighted by Gasteiger charge is -2.39. The normalized spacial score (nSPS) is 21.0. The molecule has 150 valence electrons. The van der Waals surface area contributed by atoms with E-state index in [1.807, 2.05) is 58.3 Å². The summed E-state index contributed by atoms with van der Waals surface area (Å²) in [6.07, 6.45) is 3.85. The van der Waals surface area contributed by atoms with E-state index in [1.54, 1.807) is 0 Å². The minimum absolute atomic E-state index is 0.0226. The van der Waals surface area contributed by atoms with Crippen molar-refractivity contribution in [2.45, 2.75) is 37.9 Å². The van der Waals surface area contributed by atoms with Crippen molar-refractivity contribution >= 4 is 17.5 Å². The summed E-state index contributed by atoms with van der Waals surface area (Å²) in [6, 6.07) is 15.6. The number of para-hydroxylation sites is 2. The highest BCUT2D eigenvalue weighted by Crippen LogP contribution is 2.42. The smallest absolute Gasteiger partial charge is 0.260 e. The zero-order valence-corrected chi connectivity index (χ0v) is 16.3. The van der Waals surface area contributed by atoms with Crippen molar-refractivity contribution in [3.05, 3.63) is 59.7 Å². The molecular weight excluding hydrogens is 366 g/mol. The fourth-order valence-corrected chi connectivity index (χ4v) is 4.26. The third-order valence-corrected chi connectivity index (χ3v) is 5.93. The summed E-state index contributed by atoms with van der Waals surface area (Å²) in [7, 11) is 0. The number of fused-ring (bicyclic) bond motifs is 1.